The molecule has 0 amide bonds. The lowest BCUT2D eigenvalue weighted by Crippen LogP contribution is -2.36. The Bertz CT molecular complexity index is 447. The summed E-state index contributed by atoms with van der Waals surface area (Å²) >= 11 is 0. The van der Waals surface area contributed by atoms with Crippen molar-refractivity contribution in [2.75, 3.05) is 33.7 Å². The molecule has 1 heterocycles. The fourth-order valence-corrected chi connectivity index (χ4v) is 3.04. The molecule has 2 N–H and O–H groups in total. The van der Waals surface area contributed by atoms with Gasteiger partial charge < -0.3 is 15.4 Å². The molecule has 21 heavy (non-hydrogen) atoms. The molecule has 0 bridgehead atoms. The number of rotatable bonds is 6. The molecule has 0 aromatic heterocycles. The van der Waals surface area contributed by atoms with Crippen LogP contribution >= 0.6 is 0 Å². The zero-order valence-corrected chi connectivity index (χ0v) is 13.7. The lowest BCUT2D eigenvalue weighted by atomic mass is 10.1. The second-order valence-corrected chi connectivity index (χ2v) is 6.39. The molecule has 1 aliphatic rings. The van der Waals surface area contributed by atoms with Gasteiger partial charge in [-0.05, 0) is 52.1 Å². The fraction of sp³-hybridized carbons (Fsp3) is 0.647. The van der Waals surface area contributed by atoms with E-state index in [9.17, 15) is 0 Å². The first-order chi connectivity index (χ1) is 10.0. The molecule has 1 aromatic rings. The van der Waals surface area contributed by atoms with Crippen LogP contribution in [0.2, 0.25) is 0 Å². The summed E-state index contributed by atoms with van der Waals surface area (Å²) in [6, 6.07) is 9.30. The third-order valence-electron chi connectivity index (χ3n) is 4.20. The number of hydrogen-bond acceptors (Lipinski definition) is 4. The molecule has 1 saturated heterocycles. The first-order valence-electron chi connectivity index (χ1n) is 7.88. The quantitative estimate of drug-likeness (QED) is 0.871. The molecule has 0 spiro atoms. The van der Waals surface area contributed by atoms with Crippen molar-refractivity contribution in [1.29, 1.82) is 0 Å². The molecule has 1 fully saturated rings. The number of nitrogens with zero attached hydrogens (tertiary/aromatic N) is 2. The van der Waals surface area contributed by atoms with Crippen molar-refractivity contribution >= 4 is 0 Å². The molecular formula is C17H29N3O. The van der Waals surface area contributed by atoms with Crippen LogP contribution in [0.4, 0.5) is 0 Å². The summed E-state index contributed by atoms with van der Waals surface area (Å²) in [4.78, 5) is 4.81. The van der Waals surface area contributed by atoms with Crippen molar-refractivity contribution < 1.29 is 4.74 Å². The van der Waals surface area contributed by atoms with Gasteiger partial charge in [0.2, 0.25) is 0 Å². The number of hydrogen-bond donors (Lipinski definition) is 1. The van der Waals surface area contributed by atoms with Gasteiger partial charge in [0, 0.05) is 31.7 Å². The Kier molecular flexibility index (Phi) is 5.62. The standard InChI is InChI=1S/C17H29N3O/c1-13(2)21-16-7-5-6-14(10-16)17(11-18)20-9-8-15(12-20)19(3)4/h5-7,10,13,15,17H,8-9,11-12,18H2,1-4H3. The fourth-order valence-electron chi connectivity index (χ4n) is 3.04. The van der Waals surface area contributed by atoms with Gasteiger partial charge in [0.05, 0.1) is 6.10 Å². The highest BCUT2D eigenvalue weighted by molar-refractivity contribution is 5.31. The third kappa shape index (κ3) is 4.19. The minimum absolute atomic E-state index is 0.196. The maximum Gasteiger partial charge on any atom is 0.120 e. The Hall–Kier alpha value is -1.10. The molecule has 0 radical (unpaired) electrons. The molecule has 0 aliphatic carbocycles. The maximum atomic E-state index is 6.06. The number of likely N-dealkylation sites (N-methyl/N-ethyl adjacent to an activating group) is 1. The largest absolute Gasteiger partial charge is 0.491 e. The number of likely N-dealkylation sites (tertiary alicyclic amines) is 1. The van der Waals surface area contributed by atoms with Crippen LogP contribution in [0.5, 0.6) is 5.75 Å². The minimum Gasteiger partial charge on any atom is -0.491 e. The van der Waals surface area contributed by atoms with Crippen molar-refractivity contribution in [1.82, 2.24) is 9.80 Å². The summed E-state index contributed by atoms with van der Waals surface area (Å²) < 4.78 is 5.80. The highest BCUT2D eigenvalue weighted by atomic mass is 16.5. The van der Waals surface area contributed by atoms with Gasteiger partial charge in [-0.3, -0.25) is 4.90 Å². The Morgan fingerprint density at radius 3 is 2.71 bits per heavy atom. The van der Waals surface area contributed by atoms with Crippen molar-refractivity contribution in [2.24, 2.45) is 5.73 Å². The van der Waals surface area contributed by atoms with Gasteiger partial charge in [0.1, 0.15) is 5.75 Å². The second-order valence-electron chi connectivity index (χ2n) is 6.39. The summed E-state index contributed by atoms with van der Waals surface area (Å²) in [5.74, 6) is 0.935. The molecular weight excluding hydrogens is 262 g/mol. The molecule has 2 atom stereocenters. The number of nitrogens with two attached hydrogens (primary N) is 1. The zero-order valence-electron chi connectivity index (χ0n) is 13.7. The molecule has 1 aliphatic heterocycles. The van der Waals surface area contributed by atoms with Crippen LogP contribution in [0.15, 0.2) is 24.3 Å². The Labute approximate surface area is 128 Å². The van der Waals surface area contributed by atoms with Crippen LogP contribution in [-0.2, 0) is 0 Å². The first-order valence-corrected chi connectivity index (χ1v) is 7.88. The number of benzene rings is 1. The van der Waals surface area contributed by atoms with Crippen LogP contribution in [0.25, 0.3) is 0 Å². The summed E-state index contributed by atoms with van der Waals surface area (Å²) in [7, 11) is 4.31. The molecule has 1 aromatic carbocycles. The van der Waals surface area contributed by atoms with Crippen LogP contribution < -0.4 is 10.5 Å². The van der Waals surface area contributed by atoms with E-state index in [4.69, 9.17) is 10.5 Å². The van der Waals surface area contributed by atoms with Crippen LogP contribution in [-0.4, -0.2) is 55.7 Å². The first kappa shape index (κ1) is 16.3. The Morgan fingerprint density at radius 2 is 2.14 bits per heavy atom. The monoisotopic (exact) mass is 291 g/mol. The van der Waals surface area contributed by atoms with Gasteiger partial charge >= 0.3 is 0 Å². The second kappa shape index (κ2) is 7.25. The van der Waals surface area contributed by atoms with Gasteiger partial charge in [0.25, 0.3) is 0 Å². The van der Waals surface area contributed by atoms with Crippen molar-refractivity contribution in [2.45, 2.75) is 38.5 Å². The van der Waals surface area contributed by atoms with Gasteiger partial charge in [-0.1, -0.05) is 12.1 Å². The van der Waals surface area contributed by atoms with E-state index in [1.165, 1.54) is 12.0 Å². The van der Waals surface area contributed by atoms with E-state index < -0.39 is 0 Å². The summed E-state index contributed by atoms with van der Waals surface area (Å²) in [5.41, 5.74) is 7.32. The average Bonchev–Trinajstić information content (AvgIpc) is 2.89. The smallest absolute Gasteiger partial charge is 0.120 e. The van der Waals surface area contributed by atoms with Crippen molar-refractivity contribution in [3.63, 3.8) is 0 Å². The molecule has 4 nitrogen and oxygen atoms in total. The molecule has 118 valence electrons. The van der Waals surface area contributed by atoms with E-state index >= 15 is 0 Å². The van der Waals surface area contributed by atoms with E-state index in [-0.39, 0.29) is 12.1 Å². The van der Waals surface area contributed by atoms with Gasteiger partial charge in [-0.25, -0.2) is 0 Å². The van der Waals surface area contributed by atoms with Crippen LogP contribution in [0.3, 0.4) is 0 Å². The predicted octanol–water partition coefficient (Wildman–Crippen LogP) is 2.11. The molecule has 2 unspecified atom stereocenters. The van der Waals surface area contributed by atoms with Gasteiger partial charge in [0.15, 0.2) is 0 Å². The van der Waals surface area contributed by atoms with E-state index in [2.05, 4.69) is 55.9 Å². The highest BCUT2D eigenvalue weighted by Gasteiger charge is 2.29. The van der Waals surface area contributed by atoms with E-state index in [0.717, 1.165) is 18.8 Å². The summed E-state index contributed by atoms with van der Waals surface area (Å²) in [6.07, 6.45) is 1.41. The highest BCUT2D eigenvalue weighted by Crippen LogP contribution is 2.28. The SMILES string of the molecule is CC(C)Oc1cccc(C(CN)N2CCC(N(C)C)C2)c1. The van der Waals surface area contributed by atoms with Gasteiger partial charge in [-0.15, -0.1) is 0 Å². The lowest BCUT2D eigenvalue weighted by molar-refractivity contribution is 0.218. The third-order valence-corrected chi connectivity index (χ3v) is 4.20. The van der Waals surface area contributed by atoms with E-state index in [1.807, 2.05) is 6.07 Å². The normalized spacial score (nSPS) is 21.2. The maximum absolute atomic E-state index is 6.06. The summed E-state index contributed by atoms with van der Waals surface area (Å²) in [6.45, 7) is 6.94. The Balaban J connectivity index is 2.11. The molecule has 0 saturated carbocycles. The van der Waals surface area contributed by atoms with E-state index in [0.29, 0.717) is 12.6 Å². The molecule has 4 heteroatoms. The topological polar surface area (TPSA) is 41.7 Å². The van der Waals surface area contributed by atoms with Gasteiger partial charge in [-0.2, -0.15) is 0 Å². The average molecular weight is 291 g/mol. The van der Waals surface area contributed by atoms with Crippen molar-refractivity contribution in [3.8, 4) is 5.75 Å². The molecule has 2 rings (SSSR count). The van der Waals surface area contributed by atoms with Crippen LogP contribution in [0.1, 0.15) is 31.9 Å². The lowest BCUT2D eigenvalue weighted by Gasteiger charge is -2.28. The minimum atomic E-state index is 0.196. The number of ether oxygens (including phenoxy) is 1. The Morgan fingerprint density at radius 1 is 1.38 bits per heavy atom. The van der Waals surface area contributed by atoms with Crippen LogP contribution in [0, 0.1) is 0 Å². The summed E-state index contributed by atoms with van der Waals surface area (Å²) in [5, 5.41) is 0. The predicted molar refractivity (Wildman–Crippen MR) is 87.7 cm³/mol. The van der Waals surface area contributed by atoms with E-state index in [1.54, 1.807) is 0 Å². The zero-order chi connectivity index (χ0) is 15.4. The van der Waals surface area contributed by atoms with Crippen molar-refractivity contribution in [3.05, 3.63) is 29.8 Å².